The number of ether oxygens (including phenoxy) is 1. The summed E-state index contributed by atoms with van der Waals surface area (Å²) < 4.78 is 9.96. The van der Waals surface area contributed by atoms with Gasteiger partial charge in [0.05, 0.1) is 19.2 Å². The summed E-state index contributed by atoms with van der Waals surface area (Å²) in [5.41, 5.74) is 2.51. The highest BCUT2D eigenvalue weighted by Gasteiger charge is 2.13. The van der Waals surface area contributed by atoms with Gasteiger partial charge in [-0.15, -0.1) is 0 Å². The van der Waals surface area contributed by atoms with Gasteiger partial charge in [0.2, 0.25) is 5.91 Å². The fraction of sp³-hybridized carbons (Fsp3) is 0.235. The number of carbonyl (C=O) groups excluding carboxylic acids is 1. The average Bonchev–Trinajstić information content (AvgIpc) is 2.52. The Morgan fingerprint density at radius 3 is 2.58 bits per heavy atom. The van der Waals surface area contributed by atoms with Crippen LogP contribution < -0.4 is 15.8 Å². The molecule has 0 unspecified atom stereocenters. The lowest BCUT2D eigenvalue weighted by atomic mass is 10.1. The molecule has 0 fully saturated rings. The van der Waals surface area contributed by atoms with E-state index >= 15 is 0 Å². The Kier molecular flexibility index (Phi) is 5.36. The van der Waals surface area contributed by atoms with E-state index in [1.807, 2.05) is 0 Å². The maximum Gasteiger partial charge on any atom is 0.348 e. The average molecular weight is 330 g/mol. The quantitative estimate of drug-likeness (QED) is 0.642. The minimum absolute atomic E-state index is 0.0784. The molecule has 0 radical (unpaired) electrons. The van der Waals surface area contributed by atoms with Crippen molar-refractivity contribution >= 4 is 11.6 Å². The van der Waals surface area contributed by atoms with Gasteiger partial charge in [0.1, 0.15) is 22.8 Å². The van der Waals surface area contributed by atoms with Crippen LogP contribution in [0.3, 0.4) is 0 Å². The van der Waals surface area contributed by atoms with Gasteiger partial charge in [-0.3, -0.25) is 4.79 Å². The van der Waals surface area contributed by atoms with Crippen molar-refractivity contribution in [2.45, 2.75) is 20.3 Å². The lowest BCUT2D eigenvalue weighted by molar-refractivity contribution is -0.120. The number of carbonyl (C=O) groups is 1. The number of methoxy groups -OCH3 is 1. The minimum Gasteiger partial charge on any atom is -0.507 e. The number of aromatic hydroxyl groups is 1. The molecule has 1 aromatic carbocycles. The molecule has 126 valence electrons. The van der Waals surface area contributed by atoms with Crippen molar-refractivity contribution in [2.75, 3.05) is 7.11 Å². The zero-order valence-electron chi connectivity index (χ0n) is 13.6. The van der Waals surface area contributed by atoms with Crippen molar-refractivity contribution in [3.8, 4) is 11.5 Å². The first-order valence-corrected chi connectivity index (χ1v) is 7.21. The van der Waals surface area contributed by atoms with Crippen LogP contribution in [0.4, 0.5) is 0 Å². The van der Waals surface area contributed by atoms with Crippen molar-refractivity contribution in [1.29, 1.82) is 0 Å². The van der Waals surface area contributed by atoms with Crippen molar-refractivity contribution in [1.82, 2.24) is 5.43 Å². The second-order valence-corrected chi connectivity index (χ2v) is 5.16. The molecule has 2 aromatic rings. The highest BCUT2D eigenvalue weighted by atomic mass is 16.5. The van der Waals surface area contributed by atoms with Gasteiger partial charge in [-0.2, -0.15) is 5.10 Å². The number of rotatable bonds is 5. The van der Waals surface area contributed by atoms with Crippen LogP contribution in [0, 0.1) is 6.92 Å². The number of hydrogen-bond donors (Lipinski definition) is 2. The van der Waals surface area contributed by atoms with Gasteiger partial charge >= 0.3 is 5.63 Å². The molecule has 0 bridgehead atoms. The van der Waals surface area contributed by atoms with Gasteiger partial charge in [0.15, 0.2) is 0 Å². The predicted molar refractivity (Wildman–Crippen MR) is 88.4 cm³/mol. The summed E-state index contributed by atoms with van der Waals surface area (Å²) in [6.45, 7) is 3.04. The first-order chi connectivity index (χ1) is 11.4. The van der Waals surface area contributed by atoms with Crippen LogP contribution in [-0.4, -0.2) is 23.8 Å². The molecule has 24 heavy (non-hydrogen) atoms. The number of nitrogens with one attached hydrogen (secondary N) is 1. The number of aryl methyl sites for hydroxylation is 1. The van der Waals surface area contributed by atoms with Gasteiger partial charge < -0.3 is 14.3 Å². The van der Waals surface area contributed by atoms with Crippen LogP contribution in [0.25, 0.3) is 0 Å². The molecule has 7 heteroatoms. The first-order valence-electron chi connectivity index (χ1n) is 7.21. The van der Waals surface area contributed by atoms with Crippen LogP contribution in [0.1, 0.15) is 23.8 Å². The molecule has 0 saturated heterocycles. The fourth-order valence-corrected chi connectivity index (χ4v) is 2.10. The van der Waals surface area contributed by atoms with Crippen molar-refractivity contribution in [3.63, 3.8) is 0 Å². The molecule has 0 aliphatic carbocycles. The van der Waals surface area contributed by atoms with E-state index in [9.17, 15) is 14.7 Å². The summed E-state index contributed by atoms with van der Waals surface area (Å²) in [5, 5.41) is 13.7. The zero-order valence-corrected chi connectivity index (χ0v) is 13.6. The second-order valence-electron chi connectivity index (χ2n) is 5.16. The molecule has 0 aliphatic rings. The van der Waals surface area contributed by atoms with E-state index in [2.05, 4.69) is 10.5 Å². The number of amides is 1. The Morgan fingerprint density at radius 2 is 2.00 bits per heavy atom. The minimum atomic E-state index is -0.710. The van der Waals surface area contributed by atoms with Gasteiger partial charge in [-0.1, -0.05) is 12.1 Å². The van der Waals surface area contributed by atoms with Gasteiger partial charge in [-0.25, -0.2) is 10.2 Å². The molecule has 0 aliphatic heterocycles. The molecule has 2 rings (SSSR count). The van der Waals surface area contributed by atoms with Crippen LogP contribution in [-0.2, 0) is 11.2 Å². The summed E-state index contributed by atoms with van der Waals surface area (Å²) in [5.74, 6) is 0.400. The van der Waals surface area contributed by atoms with Crippen molar-refractivity contribution < 1.29 is 19.1 Å². The monoisotopic (exact) mass is 330 g/mol. The molecule has 7 nitrogen and oxygen atoms in total. The van der Waals surface area contributed by atoms with Crippen LogP contribution >= 0.6 is 0 Å². The molecule has 0 spiro atoms. The molecule has 2 N–H and O–H groups in total. The molecule has 0 atom stereocenters. The summed E-state index contributed by atoms with van der Waals surface area (Å²) >= 11 is 0. The Hall–Kier alpha value is -3.09. The Bertz CT molecular complexity index is 822. The molecule has 0 saturated carbocycles. The van der Waals surface area contributed by atoms with E-state index in [1.54, 1.807) is 38.3 Å². The standard InChI is InChI=1S/C17H18N2O5/c1-10-8-14(20)16(17(22)24-10)11(2)18-19-15(21)9-12-4-6-13(23-3)7-5-12/h4-8,20H,9H2,1-3H3,(H,19,21). The maximum atomic E-state index is 11.9. The second kappa shape index (κ2) is 7.45. The van der Waals surface area contributed by atoms with Gasteiger partial charge in [-0.05, 0) is 31.5 Å². The summed E-state index contributed by atoms with van der Waals surface area (Å²) in [6, 6.07) is 8.37. The van der Waals surface area contributed by atoms with Gasteiger partial charge in [0.25, 0.3) is 0 Å². The lowest BCUT2D eigenvalue weighted by Gasteiger charge is -2.05. The van der Waals surface area contributed by atoms with Crippen LogP contribution in [0.2, 0.25) is 0 Å². The third kappa shape index (κ3) is 4.22. The van der Waals surface area contributed by atoms with Crippen LogP contribution in [0.5, 0.6) is 11.5 Å². The largest absolute Gasteiger partial charge is 0.507 e. The molecule has 1 heterocycles. The predicted octanol–water partition coefficient (Wildman–Crippen LogP) is 1.75. The van der Waals surface area contributed by atoms with E-state index < -0.39 is 5.63 Å². The van der Waals surface area contributed by atoms with Crippen LogP contribution in [0.15, 0.2) is 44.6 Å². The smallest absolute Gasteiger partial charge is 0.348 e. The van der Waals surface area contributed by atoms with E-state index in [0.717, 1.165) is 5.56 Å². The van der Waals surface area contributed by atoms with E-state index in [4.69, 9.17) is 9.15 Å². The lowest BCUT2D eigenvalue weighted by Crippen LogP contribution is -2.23. The number of nitrogens with zero attached hydrogens (tertiary/aromatic N) is 1. The SMILES string of the molecule is COc1ccc(CC(=O)NN=C(C)c2c(O)cc(C)oc2=O)cc1. The van der Waals surface area contributed by atoms with Gasteiger partial charge in [0, 0.05) is 6.07 Å². The summed E-state index contributed by atoms with van der Waals surface area (Å²) in [7, 11) is 1.57. The van der Waals surface area contributed by atoms with E-state index in [1.165, 1.54) is 13.0 Å². The topological polar surface area (TPSA) is 101 Å². The third-order valence-corrected chi connectivity index (χ3v) is 3.29. The summed E-state index contributed by atoms with van der Waals surface area (Å²) in [4.78, 5) is 23.7. The Morgan fingerprint density at radius 1 is 1.33 bits per heavy atom. The van der Waals surface area contributed by atoms with E-state index in [-0.39, 0.29) is 35.1 Å². The number of hydrazone groups is 1. The van der Waals surface area contributed by atoms with Crippen molar-refractivity contribution in [3.05, 3.63) is 57.6 Å². The number of benzene rings is 1. The fourth-order valence-electron chi connectivity index (χ4n) is 2.10. The maximum absolute atomic E-state index is 11.9. The van der Waals surface area contributed by atoms with E-state index in [0.29, 0.717) is 5.75 Å². The normalized spacial score (nSPS) is 11.2. The molecular weight excluding hydrogens is 312 g/mol. The van der Waals surface area contributed by atoms with Crippen molar-refractivity contribution in [2.24, 2.45) is 5.10 Å². The Balaban J connectivity index is 2.06. The molecule has 1 amide bonds. The molecular formula is C17H18N2O5. The molecule has 1 aromatic heterocycles. The highest BCUT2D eigenvalue weighted by molar-refractivity contribution is 6.01. The Labute approximate surface area is 138 Å². The first kappa shape index (κ1) is 17.3. The highest BCUT2D eigenvalue weighted by Crippen LogP contribution is 2.15. The zero-order chi connectivity index (χ0) is 17.7. The number of hydrogen-bond acceptors (Lipinski definition) is 6. The third-order valence-electron chi connectivity index (χ3n) is 3.29. The summed E-state index contributed by atoms with van der Waals surface area (Å²) in [6.07, 6.45) is 0.120.